The molecule has 1 heterocycles. The van der Waals surface area contributed by atoms with Crippen molar-refractivity contribution in [2.75, 3.05) is 6.54 Å². The first kappa shape index (κ1) is 18.1. The maximum atomic E-state index is 12.4. The van der Waals surface area contributed by atoms with Gasteiger partial charge in [0, 0.05) is 28.7 Å². The number of benzene rings is 2. The van der Waals surface area contributed by atoms with Crippen molar-refractivity contribution in [2.24, 2.45) is 0 Å². The van der Waals surface area contributed by atoms with Crippen molar-refractivity contribution in [1.82, 2.24) is 15.2 Å². The molecule has 0 radical (unpaired) electrons. The average molecular weight is 373 g/mol. The zero-order valence-electron chi connectivity index (χ0n) is 14.1. The molecule has 0 aliphatic heterocycles. The van der Waals surface area contributed by atoms with Gasteiger partial charge < -0.3 is 4.98 Å². The third-order valence-corrected chi connectivity index (χ3v) is 5.70. The molecule has 26 heavy (non-hydrogen) atoms. The van der Waals surface area contributed by atoms with Gasteiger partial charge in [-0.05, 0) is 49.2 Å². The molecule has 0 fully saturated rings. The van der Waals surface area contributed by atoms with Crippen molar-refractivity contribution >= 4 is 26.8 Å². The van der Waals surface area contributed by atoms with E-state index in [1.54, 1.807) is 0 Å². The lowest BCUT2D eigenvalue weighted by Gasteiger charge is -2.08. The summed E-state index contributed by atoms with van der Waals surface area (Å²) in [5.74, 6) is -0.697. The molecule has 1 aromatic heterocycles. The molecule has 1 amide bonds. The molecule has 0 spiro atoms. The smallest absolute Gasteiger partial charge is 0.274 e. The molecular formula is C18H19N3O4S. The number of fused-ring (bicyclic) bond motifs is 1. The van der Waals surface area contributed by atoms with Crippen LogP contribution in [0, 0.1) is 6.92 Å². The zero-order chi connectivity index (χ0) is 18.7. The molecule has 7 nitrogen and oxygen atoms in total. The van der Waals surface area contributed by atoms with Crippen molar-refractivity contribution in [3.63, 3.8) is 0 Å². The summed E-state index contributed by atoms with van der Waals surface area (Å²) in [6.45, 7) is 2.22. The Labute approximate surface area is 151 Å². The molecule has 3 rings (SSSR count). The number of amides is 1. The number of para-hydroxylation sites is 1. The van der Waals surface area contributed by atoms with Gasteiger partial charge in [0.05, 0.1) is 4.90 Å². The Kier molecular flexibility index (Phi) is 5.08. The maximum Gasteiger partial charge on any atom is 0.274 e. The van der Waals surface area contributed by atoms with Gasteiger partial charge in [0.25, 0.3) is 5.91 Å². The van der Waals surface area contributed by atoms with Crippen LogP contribution >= 0.6 is 0 Å². The summed E-state index contributed by atoms with van der Waals surface area (Å²) in [4.78, 5) is 14.6. The van der Waals surface area contributed by atoms with Crippen LogP contribution in [-0.2, 0) is 16.4 Å². The van der Waals surface area contributed by atoms with Crippen LogP contribution in [0.4, 0.5) is 0 Å². The van der Waals surface area contributed by atoms with Gasteiger partial charge in [0.15, 0.2) is 0 Å². The Morgan fingerprint density at radius 3 is 2.50 bits per heavy atom. The van der Waals surface area contributed by atoms with Gasteiger partial charge >= 0.3 is 0 Å². The summed E-state index contributed by atoms with van der Waals surface area (Å²) < 4.78 is 27.4. The lowest BCUT2D eigenvalue weighted by molar-refractivity contribution is 0.0706. The molecule has 0 aliphatic rings. The van der Waals surface area contributed by atoms with Crippen LogP contribution in [0.25, 0.3) is 10.9 Å². The maximum absolute atomic E-state index is 12.4. The van der Waals surface area contributed by atoms with Crippen LogP contribution in [0.15, 0.2) is 53.4 Å². The summed E-state index contributed by atoms with van der Waals surface area (Å²) in [5, 5.41) is 9.68. The van der Waals surface area contributed by atoms with E-state index in [2.05, 4.69) is 9.71 Å². The molecule has 3 aromatic rings. The standard InChI is InChI=1S/C18H19N3O4S/c1-12-15(16-4-2-3-5-17(16)20-12)10-11-19-26(24,25)14-8-6-13(7-9-14)18(22)21-23/h2-9,19-20,23H,10-11H2,1H3,(H,21,22). The second-order valence-corrected chi connectivity index (χ2v) is 7.65. The minimum absolute atomic E-state index is 0.0580. The molecular weight excluding hydrogens is 354 g/mol. The van der Waals surface area contributed by atoms with Crippen molar-refractivity contribution in [2.45, 2.75) is 18.2 Å². The highest BCUT2D eigenvalue weighted by Gasteiger charge is 2.15. The van der Waals surface area contributed by atoms with Gasteiger partial charge in [-0.25, -0.2) is 18.6 Å². The van der Waals surface area contributed by atoms with Gasteiger partial charge in [-0.1, -0.05) is 18.2 Å². The van der Waals surface area contributed by atoms with Crippen LogP contribution in [0.5, 0.6) is 0 Å². The average Bonchev–Trinajstić information content (AvgIpc) is 2.96. The lowest BCUT2D eigenvalue weighted by atomic mass is 10.1. The van der Waals surface area contributed by atoms with Crippen LogP contribution in [0.3, 0.4) is 0 Å². The summed E-state index contributed by atoms with van der Waals surface area (Å²) >= 11 is 0. The van der Waals surface area contributed by atoms with E-state index in [-0.39, 0.29) is 17.0 Å². The number of sulfonamides is 1. The zero-order valence-corrected chi connectivity index (χ0v) is 14.9. The second kappa shape index (κ2) is 7.28. The third-order valence-electron chi connectivity index (χ3n) is 4.22. The number of H-pyrrole nitrogens is 1. The van der Waals surface area contributed by atoms with Crippen LogP contribution in [-0.4, -0.2) is 31.1 Å². The summed E-state index contributed by atoms with van der Waals surface area (Å²) in [5.41, 5.74) is 4.80. The van der Waals surface area contributed by atoms with E-state index in [1.165, 1.54) is 29.7 Å². The number of hydrogen-bond acceptors (Lipinski definition) is 4. The number of hydrogen-bond donors (Lipinski definition) is 4. The van der Waals surface area contributed by atoms with Crippen molar-refractivity contribution < 1.29 is 18.4 Å². The van der Waals surface area contributed by atoms with Crippen molar-refractivity contribution in [3.05, 3.63) is 65.4 Å². The number of aromatic amines is 1. The highest BCUT2D eigenvalue weighted by molar-refractivity contribution is 7.89. The molecule has 0 saturated heterocycles. The third kappa shape index (κ3) is 3.62. The predicted molar refractivity (Wildman–Crippen MR) is 97.6 cm³/mol. The van der Waals surface area contributed by atoms with Crippen molar-refractivity contribution in [1.29, 1.82) is 0 Å². The molecule has 8 heteroatoms. The fourth-order valence-electron chi connectivity index (χ4n) is 2.90. The van der Waals surface area contributed by atoms with Gasteiger partial charge in [0.1, 0.15) is 0 Å². The Hall–Kier alpha value is -2.68. The monoisotopic (exact) mass is 373 g/mol. The van der Waals surface area contributed by atoms with E-state index < -0.39 is 15.9 Å². The minimum Gasteiger partial charge on any atom is -0.358 e. The van der Waals surface area contributed by atoms with Crippen LogP contribution in [0.2, 0.25) is 0 Å². The van der Waals surface area contributed by atoms with Gasteiger partial charge in [-0.3, -0.25) is 10.0 Å². The molecule has 0 bridgehead atoms. The number of carbonyl (C=O) groups is 1. The topological polar surface area (TPSA) is 111 Å². The van der Waals surface area contributed by atoms with Gasteiger partial charge in [0.2, 0.25) is 10.0 Å². The lowest BCUT2D eigenvalue weighted by Crippen LogP contribution is -2.26. The van der Waals surface area contributed by atoms with Crippen LogP contribution in [0.1, 0.15) is 21.6 Å². The molecule has 2 aromatic carbocycles. The number of aryl methyl sites for hydroxylation is 1. The van der Waals surface area contributed by atoms with Crippen molar-refractivity contribution in [3.8, 4) is 0 Å². The first-order valence-electron chi connectivity index (χ1n) is 8.03. The number of aromatic nitrogens is 1. The minimum atomic E-state index is -3.68. The number of nitrogens with one attached hydrogen (secondary N) is 3. The molecule has 0 aliphatic carbocycles. The predicted octanol–water partition coefficient (Wildman–Crippen LogP) is 2.12. The normalized spacial score (nSPS) is 11.6. The molecule has 0 atom stereocenters. The Bertz CT molecular complexity index is 1040. The molecule has 136 valence electrons. The van der Waals surface area contributed by atoms with E-state index in [0.717, 1.165) is 22.2 Å². The van der Waals surface area contributed by atoms with E-state index in [4.69, 9.17) is 5.21 Å². The van der Waals surface area contributed by atoms with Crippen LogP contribution < -0.4 is 10.2 Å². The van der Waals surface area contributed by atoms with Gasteiger partial charge in [-0.2, -0.15) is 0 Å². The highest BCUT2D eigenvalue weighted by Crippen LogP contribution is 2.22. The Morgan fingerprint density at radius 2 is 1.81 bits per heavy atom. The number of carbonyl (C=O) groups excluding carboxylic acids is 1. The summed E-state index contributed by atoms with van der Waals surface area (Å²) in [6.07, 6.45) is 0.556. The molecule has 4 N–H and O–H groups in total. The fraction of sp³-hybridized carbons (Fsp3) is 0.167. The Balaban J connectivity index is 1.70. The number of hydroxylamine groups is 1. The first-order valence-corrected chi connectivity index (χ1v) is 9.51. The number of rotatable bonds is 6. The largest absolute Gasteiger partial charge is 0.358 e. The van der Waals surface area contributed by atoms with E-state index >= 15 is 0 Å². The van der Waals surface area contributed by atoms with Gasteiger partial charge in [-0.15, -0.1) is 0 Å². The molecule has 0 unspecified atom stereocenters. The first-order chi connectivity index (χ1) is 12.4. The molecule has 0 saturated carbocycles. The van der Waals surface area contributed by atoms with E-state index in [0.29, 0.717) is 6.42 Å². The quantitative estimate of drug-likeness (QED) is 0.392. The second-order valence-electron chi connectivity index (χ2n) is 5.89. The summed E-state index contributed by atoms with van der Waals surface area (Å²) in [7, 11) is -3.68. The SMILES string of the molecule is Cc1[nH]c2ccccc2c1CCNS(=O)(=O)c1ccc(C(=O)NO)cc1. The fourth-order valence-corrected chi connectivity index (χ4v) is 3.93. The Morgan fingerprint density at radius 1 is 1.12 bits per heavy atom. The van der Waals surface area contributed by atoms with E-state index in [9.17, 15) is 13.2 Å². The highest BCUT2D eigenvalue weighted by atomic mass is 32.2. The summed E-state index contributed by atoms with van der Waals surface area (Å²) in [6, 6.07) is 13.2. The van der Waals surface area contributed by atoms with E-state index in [1.807, 2.05) is 31.2 Å².